The molecule has 24 heavy (non-hydrogen) atoms. The van der Waals surface area contributed by atoms with Crippen molar-refractivity contribution in [2.45, 2.75) is 39.5 Å². The molecule has 0 spiro atoms. The number of hydrogen-bond donors (Lipinski definition) is 1. The molecule has 0 bridgehead atoms. The molecule has 0 saturated heterocycles. The summed E-state index contributed by atoms with van der Waals surface area (Å²) in [5.74, 6) is 1.72. The summed E-state index contributed by atoms with van der Waals surface area (Å²) < 4.78 is 2.17. The van der Waals surface area contributed by atoms with Gasteiger partial charge in [0.05, 0.1) is 22.4 Å². The molecule has 1 N–H and O–H groups in total. The van der Waals surface area contributed by atoms with Crippen molar-refractivity contribution in [3.63, 3.8) is 0 Å². The van der Waals surface area contributed by atoms with E-state index in [0.717, 1.165) is 55.0 Å². The van der Waals surface area contributed by atoms with Crippen LogP contribution in [0.15, 0.2) is 24.3 Å². The minimum atomic E-state index is 0.619. The van der Waals surface area contributed by atoms with Gasteiger partial charge in [-0.1, -0.05) is 26.0 Å². The van der Waals surface area contributed by atoms with E-state index in [1.807, 2.05) is 12.1 Å². The zero-order valence-corrected chi connectivity index (χ0v) is 14.6. The van der Waals surface area contributed by atoms with Crippen molar-refractivity contribution < 1.29 is 0 Å². The summed E-state index contributed by atoms with van der Waals surface area (Å²) in [6, 6.07) is 8.23. The summed E-state index contributed by atoms with van der Waals surface area (Å²) >= 11 is 0. The molecular weight excluding hydrogens is 300 g/mol. The van der Waals surface area contributed by atoms with Crippen molar-refractivity contribution in [3.8, 4) is 0 Å². The minimum Gasteiger partial charge on any atom is -0.353 e. The number of nitrogens with one attached hydrogen (secondary N) is 1. The van der Waals surface area contributed by atoms with Crippen LogP contribution in [-0.2, 0) is 26.3 Å². The highest BCUT2D eigenvalue weighted by atomic mass is 15.2. The van der Waals surface area contributed by atoms with Crippen LogP contribution in [0.2, 0.25) is 0 Å². The Bertz CT molecular complexity index is 823. The number of fused-ring (bicyclic) bond motifs is 1. The molecule has 2 heterocycles. The molecule has 6 nitrogen and oxygen atoms in total. The van der Waals surface area contributed by atoms with Gasteiger partial charge in [0.15, 0.2) is 0 Å². The van der Waals surface area contributed by atoms with Crippen LogP contribution in [0.25, 0.3) is 11.0 Å². The second-order valence-electron chi connectivity index (χ2n) is 5.84. The Kier molecular flexibility index (Phi) is 5.03. The maximum absolute atomic E-state index is 4.70. The Morgan fingerprint density at radius 1 is 1.00 bits per heavy atom. The van der Waals surface area contributed by atoms with Gasteiger partial charge >= 0.3 is 0 Å². The lowest BCUT2D eigenvalue weighted by Gasteiger charge is -2.08. The third-order valence-corrected chi connectivity index (χ3v) is 4.25. The third-order valence-electron chi connectivity index (χ3n) is 4.25. The highest BCUT2D eigenvalue weighted by Gasteiger charge is 2.08. The molecule has 0 amide bonds. The number of aromatic nitrogens is 5. The van der Waals surface area contributed by atoms with E-state index in [2.05, 4.69) is 58.1 Å². The van der Waals surface area contributed by atoms with Crippen molar-refractivity contribution >= 4 is 17.0 Å². The Hall–Kier alpha value is -2.50. The van der Waals surface area contributed by atoms with Gasteiger partial charge in [0, 0.05) is 20.0 Å². The number of nitrogens with zero attached hydrogens (tertiary/aromatic N) is 5. The molecule has 0 aliphatic rings. The number of para-hydroxylation sites is 2. The lowest BCUT2D eigenvalue weighted by Crippen LogP contribution is -2.11. The summed E-state index contributed by atoms with van der Waals surface area (Å²) in [4.78, 5) is 9.25. The number of aryl methyl sites for hydroxylation is 4. The fraction of sp³-hybridized carbons (Fsp3) is 0.444. The zero-order chi connectivity index (χ0) is 16.9. The first-order chi connectivity index (χ1) is 11.7. The molecule has 3 aromatic rings. The van der Waals surface area contributed by atoms with Crippen LogP contribution >= 0.6 is 0 Å². The molecule has 0 aliphatic heterocycles. The van der Waals surface area contributed by atoms with E-state index in [1.165, 1.54) is 5.52 Å². The van der Waals surface area contributed by atoms with Crippen LogP contribution in [0.3, 0.4) is 0 Å². The summed E-state index contributed by atoms with van der Waals surface area (Å²) in [6.45, 7) is 4.98. The largest absolute Gasteiger partial charge is 0.353 e. The SMILES string of the molecule is CCc1nnc(NCCCc2nc3ccccc3n2C)nc1CC. The van der Waals surface area contributed by atoms with Gasteiger partial charge in [-0.05, 0) is 31.4 Å². The predicted octanol–water partition coefficient (Wildman–Crippen LogP) is 2.93. The maximum atomic E-state index is 4.70. The first-order valence-corrected chi connectivity index (χ1v) is 8.59. The summed E-state index contributed by atoms with van der Waals surface area (Å²) in [7, 11) is 2.07. The molecule has 1 aromatic carbocycles. The van der Waals surface area contributed by atoms with Gasteiger partial charge in [-0.3, -0.25) is 0 Å². The molecule has 0 radical (unpaired) electrons. The van der Waals surface area contributed by atoms with Crippen molar-refractivity contribution in [2.75, 3.05) is 11.9 Å². The van der Waals surface area contributed by atoms with Gasteiger partial charge in [0.2, 0.25) is 5.95 Å². The van der Waals surface area contributed by atoms with E-state index in [9.17, 15) is 0 Å². The average molecular weight is 324 g/mol. The number of hydrogen-bond acceptors (Lipinski definition) is 5. The lowest BCUT2D eigenvalue weighted by atomic mass is 10.2. The molecule has 6 heteroatoms. The van der Waals surface area contributed by atoms with Gasteiger partial charge in [-0.2, -0.15) is 5.10 Å². The number of rotatable bonds is 7. The number of benzene rings is 1. The van der Waals surface area contributed by atoms with Crippen LogP contribution in [0.4, 0.5) is 5.95 Å². The molecular formula is C18H24N6. The first-order valence-electron chi connectivity index (χ1n) is 8.59. The fourth-order valence-corrected chi connectivity index (χ4v) is 2.88. The number of anilines is 1. The highest BCUT2D eigenvalue weighted by molar-refractivity contribution is 5.75. The van der Waals surface area contributed by atoms with Crippen LogP contribution in [0.5, 0.6) is 0 Å². The molecule has 3 rings (SSSR count). The lowest BCUT2D eigenvalue weighted by molar-refractivity contribution is 0.745. The van der Waals surface area contributed by atoms with E-state index in [1.54, 1.807) is 0 Å². The molecule has 0 atom stereocenters. The first kappa shape index (κ1) is 16.4. The van der Waals surface area contributed by atoms with Gasteiger partial charge in [-0.15, -0.1) is 5.10 Å². The summed E-state index contributed by atoms with van der Waals surface area (Å²) in [5, 5.41) is 11.7. The molecule has 2 aromatic heterocycles. The molecule has 0 unspecified atom stereocenters. The normalized spacial score (nSPS) is 11.1. The minimum absolute atomic E-state index is 0.619. The van der Waals surface area contributed by atoms with Crippen LogP contribution < -0.4 is 5.32 Å². The molecule has 0 saturated carbocycles. The van der Waals surface area contributed by atoms with Crippen molar-refractivity contribution in [3.05, 3.63) is 41.5 Å². The number of imidazole rings is 1. The Labute approximate surface area is 142 Å². The zero-order valence-electron chi connectivity index (χ0n) is 14.6. The quantitative estimate of drug-likeness (QED) is 0.677. The second kappa shape index (κ2) is 7.38. The Balaban J connectivity index is 1.57. The average Bonchev–Trinajstić information content (AvgIpc) is 2.95. The Morgan fingerprint density at radius 2 is 1.79 bits per heavy atom. The molecule has 126 valence electrons. The van der Waals surface area contributed by atoms with Crippen LogP contribution in [-0.4, -0.2) is 31.3 Å². The topological polar surface area (TPSA) is 68.5 Å². The highest BCUT2D eigenvalue weighted by Crippen LogP contribution is 2.15. The van der Waals surface area contributed by atoms with E-state index >= 15 is 0 Å². The van der Waals surface area contributed by atoms with Gasteiger partial charge < -0.3 is 9.88 Å². The van der Waals surface area contributed by atoms with E-state index in [0.29, 0.717) is 5.95 Å². The van der Waals surface area contributed by atoms with Crippen molar-refractivity contribution in [1.82, 2.24) is 24.7 Å². The standard InChI is InChI=1S/C18H24N6/c1-4-13-14(5-2)22-23-18(21-13)19-12-8-11-17-20-15-9-6-7-10-16(15)24(17)3/h6-7,9-10H,4-5,8,11-12H2,1-3H3,(H,19,21,23). The summed E-state index contributed by atoms with van der Waals surface area (Å²) in [6.07, 6.45) is 3.64. The van der Waals surface area contributed by atoms with Gasteiger partial charge in [-0.25, -0.2) is 9.97 Å². The van der Waals surface area contributed by atoms with Gasteiger partial charge in [0.25, 0.3) is 0 Å². The Morgan fingerprint density at radius 3 is 2.54 bits per heavy atom. The fourth-order valence-electron chi connectivity index (χ4n) is 2.88. The van der Waals surface area contributed by atoms with Gasteiger partial charge in [0.1, 0.15) is 5.82 Å². The van der Waals surface area contributed by atoms with Crippen molar-refractivity contribution in [1.29, 1.82) is 0 Å². The summed E-state index contributed by atoms with van der Waals surface area (Å²) in [5.41, 5.74) is 4.25. The maximum Gasteiger partial charge on any atom is 0.242 e. The molecule has 0 aliphatic carbocycles. The predicted molar refractivity (Wildman–Crippen MR) is 96.1 cm³/mol. The third kappa shape index (κ3) is 3.37. The molecule has 0 fully saturated rings. The van der Waals surface area contributed by atoms with E-state index in [4.69, 9.17) is 4.98 Å². The van der Waals surface area contributed by atoms with Crippen molar-refractivity contribution in [2.24, 2.45) is 7.05 Å². The van der Waals surface area contributed by atoms with E-state index < -0.39 is 0 Å². The van der Waals surface area contributed by atoms with Crippen LogP contribution in [0, 0.1) is 0 Å². The second-order valence-corrected chi connectivity index (χ2v) is 5.84. The van der Waals surface area contributed by atoms with Crippen LogP contribution in [0.1, 0.15) is 37.5 Å². The van der Waals surface area contributed by atoms with E-state index in [-0.39, 0.29) is 0 Å². The monoisotopic (exact) mass is 324 g/mol. The smallest absolute Gasteiger partial charge is 0.242 e.